The first-order valence-electron chi connectivity index (χ1n) is 4.06. The number of hydrogen-bond donors (Lipinski definition) is 0. The number of benzene rings is 1. The fourth-order valence-electron chi connectivity index (χ4n) is 1.12. The summed E-state index contributed by atoms with van der Waals surface area (Å²) in [6.07, 6.45) is 1.84. The van der Waals surface area contributed by atoms with Crippen LogP contribution in [0.3, 0.4) is 0 Å². The Morgan fingerprint density at radius 2 is 1.93 bits per heavy atom. The third-order valence-electron chi connectivity index (χ3n) is 1.80. The molecule has 1 heterocycles. The quantitative estimate of drug-likeness (QED) is 0.721. The van der Waals surface area contributed by atoms with Crippen LogP contribution in [0.1, 0.15) is 5.01 Å². The standard InChI is InChI=1S/C10H7Cl2NS/c11-5-10-13-6-9(14-10)7-1-3-8(12)4-2-7/h1-4,6H,5H2. The second-order valence-electron chi connectivity index (χ2n) is 2.76. The second kappa shape index (κ2) is 4.30. The van der Waals surface area contributed by atoms with Gasteiger partial charge in [-0.3, -0.25) is 0 Å². The van der Waals surface area contributed by atoms with Crippen molar-refractivity contribution >= 4 is 34.5 Å². The first-order chi connectivity index (χ1) is 6.79. The molecule has 0 aliphatic heterocycles. The third kappa shape index (κ3) is 2.08. The van der Waals surface area contributed by atoms with Crippen LogP contribution in [0.15, 0.2) is 30.5 Å². The molecular formula is C10H7Cl2NS. The Labute approximate surface area is 96.3 Å². The highest BCUT2D eigenvalue weighted by Crippen LogP contribution is 2.27. The zero-order chi connectivity index (χ0) is 9.97. The molecule has 0 aliphatic carbocycles. The summed E-state index contributed by atoms with van der Waals surface area (Å²) in [6.45, 7) is 0. The molecule has 14 heavy (non-hydrogen) atoms. The summed E-state index contributed by atoms with van der Waals surface area (Å²) in [5.74, 6) is 0.470. The topological polar surface area (TPSA) is 12.9 Å². The Morgan fingerprint density at radius 3 is 2.50 bits per heavy atom. The van der Waals surface area contributed by atoms with E-state index in [9.17, 15) is 0 Å². The van der Waals surface area contributed by atoms with Gasteiger partial charge in [-0.2, -0.15) is 0 Å². The van der Waals surface area contributed by atoms with Crippen molar-refractivity contribution in [2.75, 3.05) is 0 Å². The van der Waals surface area contributed by atoms with Crippen LogP contribution in [-0.2, 0) is 5.88 Å². The Bertz CT molecular complexity index is 422. The van der Waals surface area contributed by atoms with Crippen molar-refractivity contribution in [1.82, 2.24) is 4.98 Å². The van der Waals surface area contributed by atoms with Gasteiger partial charge in [-0.25, -0.2) is 4.98 Å². The maximum Gasteiger partial charge on any atom is 0.108 e. The van der Waals surface area contributed by atoms with Crippen LogP contribution in [0.2, 0.25) is 5.02 Å². The van der Waals surface area contributed by atoms with Gasteiger partial charge in [-0.15, -0.1) is 22.9 Å². The van der Waals surface area contributed by atoms with Crippen molar-refractivity contribution in [3.05, 3.63) is 40.5 Å². The van der Waals surface area contributed by atoms with E-state index >= 15 is 0 Å². The van der Waals surface area contributed by atoms with Gasteiger partial charge in [0, 0.05) is 11.2 Å². The number of alkyl halides is 1. The van der Waals surface area contributed by atoms with Crippen molar-refractivity contribution in [1.29, 1.82) is 0 Å². The van der Waals surface area contributed by atoms with E-state index in [0.29, 0.717) is 5.88 Å². The van der Waals surface area contributed by atoms with Crippen LogP contribution in [0.25, 0.3) is 10.4 Å². The Hall–Kier alpha value is -0.570. The summed E-state index contributed by atoms with van der Waals surface area (Å²) < 4.78 is 0. The Morgan fingerprint density at radius 1 is 1.21 bits per heavy atom. The summed E-state index contributed by atoms with van der Waals surface area (Å²) in [5.41, 5.74) is 1.13. The summed E-state index contributed by atoms with van der Waals surface area (Å²) in [7, 11) is 0. The number of thiazole rings is 1. The monoisotopic (exact) mass is 243 g/mol. The number of rotatable bonds is 2. The lowest BCUT2D eigenvalue weighted by Gasteiger charge is -1.95. The SMILES string of the molecule is ClCc1ncc(-c2ccc(Cl)cc2)s1. The van der Waals surface area contributed by atoms with Gasteiger partial charge in [0.2, 0.25) is 0 Å². The average Bonchev–Trinajstić information content (AvgIpc) is 2.67. The molecule has 1 nitrogen and oxygen atoms in total. The van der Waals surface area contributed by atoms with Crippen molar-refractivity contribution < 1.29 is 0 Å². The van der Waals surface area contributed by atoms with E-state index in [2.05, 4.69) is 4.98 Å². The Kier molecular flexibility index (Phi) is 3.06. The summed E-state index contributed by atoms with van der Waals surface area (Å²) in [5, 5.41) is 1.69. The number of nitrogens with zero attached hydrogens (tertiary/aromatic N) is 1. The first-order valence-corrected chi connectivity index (χ1v) is 5.79. The molecule has 0 saturated carbocycles. The maximum atomic E-state index is 5.80. The molecule has 72 valence electrons. The van der Waals surface area contributed by atoms with Gasteiger partial charge in [-0.05, 0) is 17.7 Å². The molecule has 0 spiro atoms. The second-order valence-corrected chi connectivity index (χ2v) is 4.58. The fourth-order valence-corrected chi connectivity index (χ4v) is 2.25. The van der Waals surface area contributed by atoms with Crippen LogP contribution in [0, 0.1) is 0 Å². The summed E-state index contributed by atoms with van der Waals surface area (Å²) in [6, 6.07) is 7.70. The van der Waals surface area contributed by atoms with E-state index in [4.69, 9.17) is 23.2 Å². The molecule has 0 saturated heterocycles. The predicted molar refractivity (Wildman–Crippen MR) is 62.1 cm³/mol. The molecule has 0 N–H and O–H groups in total. The molecule has 0 amide bonds. The molecule has 0 unspecified atom stereocenters. The van der Waals surface area contributed by atoms with Gasteiger partial charge in [0.25, 0.3) is 0 Å². The highest BCUT2D eigenvalue weighted by atomic mass is 35.5. The number of halogens is 2. The van der Waals surface area contributed by atoms with Gasteiger partial charge in [-0.1, -0.05) is 23.7 Å². The minimum atomic E-state index is 0.470. The number of aromatic nitrogens is 1. The maximum absolute atomic E-state index is 5.80. The minimum absolute atomic E-state index is 0.470. The van der Waals surface area contributed by atoms with E-state index in [1.807, 2.05) is 30.5 Å². The van der Waals surface area contributed by atoms with Gasteiger partial charge >= 0.3 is 0 Å². The van der Waals surface area contributed by atoms with Crippen molar-refractivity contribution in [2.45, 2.75) is 5.88 Å². The molecule has 2 aromatic rings. The lowest BCUT2D eigenvalue weighted by atomic mass is 10.2. The highest BCUT2D eigenvalue weighted by Gasteiger charge is 2.02. The van der Waals surface area contributed by atoms with Crippen molar-refractivity contribution in [3.63, 3.8) is 0 Å². The van der Waals surface area contributed by atoms with E-state index in [0.717, 1.165) is 20.5 Å². The molecule has 0 bridgehead atoms. The largest absolute Gasteiger partial charge is 0.248 e. The van der Waals surface area contributed by atoms with Crippen LogP contribution in [0.4, 0.5) is 0 Å². The van der Waals surface area contributed by atoms with Crippen LogP contribution >= 0.6 is 34.5 Å². The molecule has 1 aromatic heterocycles. The van der Waals surface area contributed by atoms with Gasteiger partial charge in [0.05, 0.1) is 10.8 Å². The third-order valence-corrected chi connectivity index (χ3v) is 3.51. The molecular weight excluding hydrogens is 237 g/mol. The minimum Gasteiger partial charge on any atom is -0.248 e. The molecule has 0 atom stereocenters. The zero-order valence-electron chi connectivity index (χ0n) is 7.21. The smallest absolute Gasteiger partial charge is 0.108 e. The van der Waals surface area contributed by atoms with Crippen LogP contribution < -0.4 is 0 Å². The fraction of sp³-hybridized carbons (Fsp3) is 0.100. The van der Waals surface area contributed by atoms with Gasteiger partial charge in [0.15, 0.2) is 0 Å². The zero-order valence-corrected chi connectivity index (χ0v) is 9.53. The van der Waals surface area contributed by atoms with Crippen molar-refractivity contribution in [3.8, 4) is 10.4 Å². The molecule has 0 fully saturated rings. The van der Waals surface area contributed by atoms with Crippen molar-refractivity contribution in [2.24, 2.45) is 0 Å². The molecule has 1 aromatic carbocycles. The van der Waals surface area contributed by atoms with E-state index in [1.165, 1.54) is 0 Å². The predicted octanol–water partition coefficient (Wildman–Crippen LogP) is 4.20. The molecule has 2 rings (SSSR count). The van der Waals surface area contributed by atoms with E-state index in [-0.39, 0.29) is 0 Å². The van der Waals surface area contributed by atoms with Crippen LogP contribution in [0.5, 0.6) is 0 Å². The molecule has 4 heteroatoms. The van der Waals surface area contributed by atoms with E-state index < -0.39 is 0 Å². The summed E-state index contributed by atoms with van der Waals surface area (Å²) in [4.78, 5) is 5.31. The first kappa shape index (κ1) is 9.97. The molecule has 0 radical (unpaired) electrons. The van der Waals surface area contributed by atoms with E-state index in [1.54, 1.807) is 11.3 Å². The van der Waals surface area contributed by atoms with Crippen LogP contribution in [-0.4, -0.2) is 4.98 Å². The van der Waals surface area contributed by atoms with Gasteiger partial charge in [0.1, 0.15) is 5.01 Å². The lowest BCUT2D eigenvalue weighted by molar-refractivity contribution is 1.26. The average molecular weight is 244 g/mol. The molecule has 0 aliphatic rings. The lowest BCUT2D eigenvalue weighted by Crippen LogP contribution is -1.70. The van der Waals surface area contributed by atoms with Gasteiger partial charge < -0.3 is 0 Å². The summed E-state index contributed by atoms with van der Waals surface area (Å²) >= 11 is 13.1. The normalized spacial score (nSPS) is 10.4. The Balaban J connectivity index is 2.34. The highest BCUT2D eigenvalue weighted by molar-refractivity contribution is 7.15. The number of hydrogen-bond acceptors (Lipinski definition) is 2.